The third-order valence-electron chi connectivity index (χ3n) is 4.08. The van der Waals surface area contributed by atoms with Crippen molar-refractivity contribution in [2.45, 2.75) is 52.1 Å². The van der Waals surface area contributed by atoms with E-state index in [1.165, 1.54) is 25.3 Å². The first-order valence-electron chi connectivity index (χ1n) is 6.51. The zero-order valence-corrected chi connectivity index (χ0v) is 11.0. The lowest BCUT2D eigenvalue weighted by molar-refractivity contribution is 0.265. The lowest BCUT2D eigenvalue weighted by atomic mass is 9.86. The van der Waals surface area contributed by atoms with E-state index in [0.717, 1.165) is 5.56 Å². The van der Waals surface area contributed by atoms with Crippen LogP contribution in [0.5, 0.6) is 0 Å². The molecule has 2 atom stereocenters. The van der Waals surface area contributed by atoms with Gasteiger partial charge in [-0.3, -0.25) is 0 Å². The number of rotatable bonds is 3. The second-order valence-corrected chi connectivity index (χ2v) is 5.84. The standard InChI is InChI=1S/C15H22FN/c1-11(12-7-4-5-8-13(12)16)17-14-9-6-10-15(14,2)3/h4-5,7-8,11,14,17H,6,9-10H2,1-3H3. The maximum Gasteiger partial charge on any atom is 0.127 e. The highest BCUT2D eigenvalue weighted by molar-refractivity contribution is 5.20. The Morgan fingerprint density at radius 3 is 2.65 bits per heavy atom. The summed E-state index contributed by atoms with van der Waals surface area (Å²) in [6, 6.07) is 7.62. The molecule has 1 fully saturated rings. The highest BCUT2D eigenvalue weighted by atomic mass is 19.1. The van der Waals surface area contributed by atoms with Crippen molar-refractivity contribution in [1.29, 1.82) is 0 Å². The van der Waals surface area contributed by atoms with Crippen LogP contribution in [0.15, 0.2) is 24.3 Å². The summed E-state index contributed by atoms with van der Waals surface area (Å²) in [6.07, 6.45) is 3.73. The van der Waals surface area contributed by atoms with E-state index >= 15 is 0 Å². The van der Waals surface area contributed by atoms with E-state index in [9.17, 15) is 4.39 Å². The first kappa shape index (κ1) is 12.6. The Kier molecular flexibility index (Phi) is 3.53. The smallest absolute Gasteiger partial charge is 0.127 e. The fourth-order valence-corrected chi connectivity index (χ4v) is 2.85. The average Bonchev–Trinajstić information content (AvgIpc) is 2.59. The van der Waals surface area contributed by atoms with Gasteiger partial charge < -0.3 is 5.32 Å². The van der Waals surface area contributed by atoms with Gasteiger partial charge >= 0.3 is 0 Å². The van der Waals surface area contributed by atoms with Crippen LogP contribution in [0.1, 0.15) is 51.6 Å². The molecule has 0 amide bonds. The predicted octanol–water partition coefficient (Wildman–Crippen LogP) is 4.06. The van der Waals surface area contributed by atoms with Crippen LogP contribution in [0.4, 0.5) is 4.39 Å². The third-order valence-corrected chi connectivity index (χ3v) is 4.08. The largest absolute Gasteiger partial charge is 0.307 e. The Morgan fingerprint density at radius 2 is 2.06 bits per heavy atom. The fraction of sp³-hybridized carbons (Fsp3) is 0.600. The van der Waals surface area contributed by atoms with Gasteiger partial charge in [-0.1, -0.05) is 38.5 Å². The van der Waals surface area contributed by atoms with Gasteiger partial charge in [-0.15, -0.1) is 0 Å². The molecule has 94 valence electrons. The van der Waals surface area contributed by atoms with Crippen molar-refractivity contribution in [3.63, 3.8) is 0 Å². The van der Waals surface area contributed by atoms with Crippen molar-refractivity contribution in [3.8, 4) is 0 Å². The van der Waals surface area contributed by atoms with Crippen LogP contribution in [0.3, 0.4) is 0 Å². The Labute approximate surface area is 103 Å². The molecule has 1 saturated carbocycles. The molecular formula is C15H22FN. The normalized spacial score (nSPS) is 24.8. The molecule has 2 unspecified atom stereocenters. The Bertz CT molecular complexity index is 386. The van der Waals surface area contributed by atoms with Gasteiger partial charge in [0.1, 0.15) is 5.82 Å². The van der Waals surface area contributed by atoms with E-state index in [4.69, 9.17) is 0 Å². The summed E-state index contributed by atoms with van der Waals surface area (Å²) in [5.74, 6) is -0.108. The average molecular weight is 235 g/mol. The minimum atomic E-state index is -0.108. The number of hydrogen-bond acceptors (Lipinski definition) is 1. The number of halogens is 1. The maximum atomic E-state index is 13.7. The predicted molar refractivity (Wildman–Crippen MR) is 69.4 cm³/mol. The Balaban J connectivity index is 2.07. The topological polar surface area (TPSA) is 12.0 Å². The molecule has 1 aromatic rings. The molecule has 2 rings (SSSR count). The minimum absolute atomic E-state index is 0.0820. The number of hydrogen-bond donors (Lipinski definition) is 1. The monoisotopic (exact) mass is 235 g/mol. The number of benzene rings is 1. The minimum Gasteiger partial charge on any atom is -0.307 e. The van der Waals surface area contributed by atoms with Gasteiger partial charge in [-0.05, 0) is 31.2 Å². The molecule has 0 bridgehead atoms. The van der Waals surface area contributed by atoms with E-state index < -0.39 is 0 Å². The maximum absolute atomic E-state index is 13.7. The van der Waals surface area contributed by atoms with Crippen molar-refractivity contribution in [2.24, 2.45) is 5.41 Å². The van der Waals surface area contributed by atoms with E-state index in [1.807, 2.05) is 19.1 Å². The summed E-state index contributed by atoms with van der Waals surface area (Å²) in [7, 11) is 0. The summed E-state index contributed by atoms with van der Waals surface area (Å²) in [5.41, 5.74) is 1.11. The Morgan fingerprint density at radius 1 is 1.35 bits per heavy atom. The van der Waals surface area contributed by atoms with Crippen LogP contribution < -0.4 is 5.32 Å². The van der Waals surface area contributed by atoms with E-state index in [-0.39, 0.29) is 11.9 Å². The van der Waals surface area contributed by atoms with Crippen molar-refractivity contribution in [3.05, 3.63) is 35.6 Å². The molecule has 1 aliphatic rings. The summed E-state index contributed by atoms with van der Waals surface area (Å²) >= 11 is 0. The molecule has 0 radical (unpaired) electrons. The first-order chi connectivity index (χ1) is 8.00. The highest BCUT2D eigenvalue weighted by Gasteiger charge is 2.35. The van der Waals surface area contributed by atoms with Gasteiger partial charge in [0.2, 0.25) is 0 Å². The molecule has 0 saturated heterocycles. The molecule has 1 aromatic carbocycles. The van der Waals surface area contributed by atoms with Crippen LogP contribution in [-0.4, -0.2) is 6.04 Å². The molecule has 0 aliphatic heterocycles. The van der Waals surface area contributed by atoms with Crippen LogP contribution in [0.25, 0.3) is 0 Å². The van der Waals surface area contributed by atoms with Gasteiger partial charge in [-0.2, -0.15) is 0 Å². The summed E-state index contributed by atoms with van der Waals surface area (Å²) in [4.78, 5) is 0. The molecule has 0 aromatic heterocycles. The van der Waals surface area contributed by atoms with Crippen LogP contribution in [0, 0.1) is 11.2 Å². The molecular weight excluding hydrogens is 213 g/mol. The molecule has 2 heteroatoms. The molecule has 1 aliphatic carbocycles. The van der Waals surface area contributed by atoms with Gasteiger partial charge in [0, 0.05) is 17.6 Å². The van der Waals surface area contributed by atoms with Gasteiger partial charge in [-0.25, -0.2) is 4.39 Å². The summed E-state index contributed by atoms with van der Waals surface area (Å²) in [5, 5.41) is 3.59. The fourth-order valence-electron chi connectivity index (χ4n) is 2.85. The van der Waals surface area contributed by atoms with Crippen LogP contribution in [0.2, 0.25) is 0 Å². The van der Waals surface area contributed by atoms with Crippen molar-refractivity contribution >= 4 is 0 Å². The zero-order chi connectivity index (χ0) is 12.5. The van der Waals surface area contributed by atoms with Crippen LogP contribution >= 0.6 is 0 Å². The SMILES string of the molecule is CC(NC1CCCC1(C)C)c1ccccc1F. The molecule has 0 spiro atoms. The quantitative estimate of drug-likeness (QED) is 0.833. The first-order valence-corrected chi connectivity index (χ1v) is 6.51. The second-order valence-electron chi connectivity index (χ2n) is 5.84. The van der Waals surface area contributed by atoms with Crippen molar-refractivity contribution in [2.75, 3.05) is 0 Å². The van der Waals surface area contributed by atoms with Gasteiger partial charge in [0.15, 0.2) is 0 Å². The lowest BCUT2D eigenvalue weighted by Gasteiger charge is -2.31. The summed E-state index contributed by atoms with van der Waals surface area (Å²) < 4.78 is 13.7. The molecule has 1 N–H and O–H groups in total. The van der Waals surface area contributed by atoms with Gasteiger partial charge in [0.05, 0.1) is 0 Å². The van der Waals surface area contributed by atoms with Crippen LogP contribution in [-0.2, 0) is 0 Å². The molecule has 1 nitrogen and oxygen atoms in total. The second kappa shape index (κ2) is 4.77. The van der Waals surface area contributed by atoms with E-state index in [2.05, 4.69) is 19.2 Å². The van der Waals surface area contributed by atoms with E-state index in [1.54, 1.807) is 6.07 Å². The Hall–Kier alpha value is -0.890. The van der Waals surface area contributed by atoms with Crippen molar-refractivity contribution in [1.82, 2.24) is 5.32 Å². The highest BCUT2D eigenvalue weighted by Crippen LogP contribution is 2.38. The summed E-state index contributed by atoms with van der Waals surface area (Å²) in [6.45, 7) is 6.64. The van der Waals surface area contributed by atoms with E-state index in [0.29, 0.717) is 11.5 Å². The lowest BCUT2D eigenvalue weighted by Crippen LogP contribution is -2.39. The molecule has 17 heavy (non-hydrogen) atoms. The zero-order valence-electron chi connectivity index (χ0n) is 11.0. The van der Waals surface area contributed by atoms with Gasteiger partial charge in [0.25, 0.3) is 0 Å². The third kappa shape index (κ3) is 2.68. The van der Waals surface area contributed by atoms with Crippen molar-refractivity contribution < 1.29 is 4.39 Å². The molecule has 0 heterocycles. The number of nitrogens with one attached hydrogen (secondary N) is 1.